The number of hydrogen-bond donors (Lipinski definition) is 0. The average Bonchev–Trinajstić information content (AvgIpc) is 3.02. The number of piperidine rings is 1. The van der Waals surface area contributed by atoms with Crippen LogP contribution in [0.4, 0.5) is 0 Å². The lowest BCUT2D eigenvalue weighted by molar-refractivity contribution is 0.111. The van der Waals surface area contributed by atoms with E-state index in [0.29, 0.717) is 5.41 Å². The summed E-state index contributed by atoms with van der Waals surface area (Å²) in [6, 6.07) is 8.44. The van der Waals surface area contributed by atoms with Crippen molar-refractivity contribution >= 4 is 11.0 Å². The van der Waals surface area contributed by atoms with Crippen molar-refractivity contribution in [3.05, 3.63) is 30.1 Å². The molecule has 0 unspecified atom stereocenters. The van der Waals surface area contributed by atoms with Gasteiger partial charge >= 0.3 is 0 Å². The lowest BCUT2D eigenvalue weighted by Crippen LogP contribution is -2.42. The molecule has 2 saturated heterocycles. The van der Waals surface area contributed by atoms with Crippen molar-refractivity contribution in [2.75, 3.05) is 33.2 Å². The molecule has 4 rings (SSSR count). The number of para-hydroxylation sites is 2. The van der Waals surface area contributed by atoms with Gasteiger partial charge in [-0.2, -0.15) is 0 Å². The summed E-state index contributed by atoms with van der Waals surface area (Å²) in [5.41, 5.74) is 2.90. The topological polar surface area (TPSA) is 24.3 Å². The molecule has 2 aliphatic rings. The number of aryl methyl sites for hydroxylation is 1. The predicted octanol–water partition coefficient (Wildman–Crippen LogP) is 2.49. The fourth-order valence-electron chi connectivity index (χ4n) is 4.49. The molecule has 0 bridgehead atoms. The highest BCUT2D eigenvalue weighted by atomic mass is 15.2. The molecule has 0 aliphatic carbocycles. The Balaban J connectivity index is 1.51. The van der Waals surface area contributed by atoms with Gasteiger partial charge in [0, 0.05) is 20.1 Å². The highest BCUT2D eigenvalue weighted by molar-refractivity contribution is 5.75. The van der Waals surface area contributed by atoms with Crippen LogP contribution in [0, 0.1) is 5.41 Å². The molecule has 0 saturated carbocycles. The van der Waals surface area contributed by atoms with Gasteiger partial charge in [-0.3, -0.25) is 4.90 Å². The first-order chi connectivity index (χ1) is 10.7. The zero-order valence-corrected chi connectivity index (χ0v) is 13.8. The van der Waals surface area contributed by atoms with Crippen LogP contribution < -0.4 is 0 Å². The van der Waals surface area contributed by atoms with E-state index in [2.05, 4.69) is 52.7 Å². The van der Waals surface area contributed by atoms with Crippen molar-refractivity contribution in [3.8, 4) is 0 Å². The minimum absolute atomic E-state index is 0.539. The Hall–Kier alpha value is -1.39. The minimum atomic E-state index is 0.539. The fourth-order valence-corrected chi connectivity index (χ4v) is 4.49. The Kier molecular flexibility index (Phi) is 3.46. The van der Waals surface area contributed by atoms with Crippen LogP contribution in [-0.2, 0) is 13.6 Å². The van der Waals surface area contributed by atoms with Crippen LogP contribution in [0.5, 0.6) is 0 Å². The number of aromatic nitrogens is 2. The normalized spacial score (nSPS) is 27.2. The van der Waals surface area contributed by atoms with Gasteiger partial charge in [0.15, 0.2) is 0 Å². The van der Waals surface area contributed by atoms with Crippen molar-refractivity contribution in [2.24, 2.45) is 12.5 Å². The summed E-state index contributed by atoms with van der Waals surface area (Å²) in [6.45, 7) is 5.98. The molecule has 4 heteroatoms. The zero-order valence-electron chi connectivity index (χ0n) is 13.8. The number of imidazole rings is 1. The Labute approximate surface area is 132 Å². The SMILES string of the molecule is CN1CCC[C@@]2(CCN(Cc3nc4ccccc4n3C)C2)C1. The summed E-state index contributed by atoms with van der Waals surface area (Å²) >= 11 is 0. The molecule has 2 aliphatic heterocycles. The zero-order chi connectivity index (χ0) is 15.2. The van der Waals surface area contributed by atoms with Crippen LogP contribution in [-0.4, -0.2) is 52.6 Å². The van der Waals surface area contributed by atoms with Crippen molar-refractivity contribution in [1.29, 1.82) is 0 Å². The van der Waals surface area contributed by atoms with E-state index in [9.17, 15) is 0 Å². The summed E-state index contributed by atoms with van der Waals surface area (Å²) in [7, 11) is 4.42. The minimum Gasteiger partial charge on any atom is -0.330 e. The van der Waals surface area contributed by atoms with Gasteiger partial charge in [-0.15, -0.1) is 0 Å². The monoisotopic (exact) mass is 298 g/mol. The number of benzene rings is 1. The molecule has 22 heavy (non-hydrogen) atoms. The lowest BCUT2D eigenvalue weighted by atomic mass is 9.79. The van der Waals surface area contributed by atoms with Crippen LogP contribution in [0.2, 0.25) is 0 Å². The molecule has 1 spiro atoms. The van der Waals surface area contributed by atoms with Crippen molar-refractivity contribution in [2.45, 2.75) is 25.8 Å². The molecule has 2 fully saturated rings. The van der Waals surface area contributed by atoms with Crippen LogP contribution in [0.3, 0.4) is 0 Å². The van der Waals surface area contributed by atoms with E-state index in [1.54, 1.807) is 0 Å². The molecular formula is C18H26N4. The average molecular weight is 298 g/mol. The van der Waals surface area contributed by atoms with Crippen molar-refractivity contribution < 1.29 is 0 Å². The quantitative estimate of drug-likeness (QED) is 0.851. The molecule has 0 N–H and O–H groups in total. The molecule has 3 heterocycles. The van der Waals surface area contributed by atoms with Gasteiger partial charge in [-0.1, -0.05) is 12.1 Å². The highest BCUT2D eigenvalue weighted by Gasteiger charge is 2.40. The third-order valence-corrected chi connectivity index (χ3v) is 5.61. The number of rotatable bonds is 2. The van der Waals surface area contributed by atoms with Gasteiger partial charge in [0.2, 0.25) is 0 Å². The van der Waals surface area contributed by atoms with Crippen molar-refractivity contribution in [3.63, 3.8) is 0 Å². The van der Waals surface area contributed by atoms with Gasteiger partial charge in [-0.25, -0.2) is 4.98 Å². The van der Waals surface area contributed by atoms with Gasteiger partial charge in [-0.05, 0) is 56.9 Å². The molecule has 1 atom stereocenters. The number of nitrogens with zero attached hydrogens (tertiary/aromatic N) is 4. The first-order valence-electron chi connectivity index (χ1n) is 8.47. The summed E-state index contributed by atoms with van der Waals surface area (Å²) in [5, 5.41) is 0. The van der Waals surface area contributed by atoms with Gasteiger partial charge < -0.3 is 9.47 Å². The molecule has 0 amide bonds. The molecule has 1 aromatic carbocycles. The summed E-state index contributed by atoms with van der Waals surface area (Å²) < 4.78 is 2.26. The van der Waals surface area contributed by atoms with E-state index in [4.69, 9.17) is 4.98 Å². The molecule has 4 nitrogen and oxygen atoms in total. The third kappa shape index (κ3) is 2.44. The first-order valence-corrected chi connectivity index (χ1v) is 8.47. The lowest BCUT2D eigenvalue weighted by Gasteiger charge is -2.38. The van der Waals surface area contributed by atoms with Crippen LogP contribution >= 0.6 is 0 Å². The second kappa shape index (κ2) is 5.36. The summed E-state index contributed by atoms with van der Waals surface area (Å²) in [4.78, 5) is 9.96. The number of hydrogen-bond acceptors (Lipinski definition) is 3. The molecule has 2 aromatic rings. The molecule has 0 radical (unpaired) electrons. The van der Waals surface area contributed by atoms with E-state index >= 15 is 0 Å². The van der Waals surface area contributed by atoms with E-state index in [-0.39, 0.29) is 0 Å². The van der Waals surface area contributed by atoms with Gasteiger partial charge in [0.05, 0.1) is 17.6 Å². The van der Waals surface area contributed by atoms with Crippen LogP contribution in [0.15, 0.2) is 24.3 Å². The predicted molar refractivity (Wildman–Crippen MR) is 89.8 cm³/mol. The maximum Gasteiger partial charge on any atom is 0.123 e. The standard InChI is InChI=1S/C18H26N4/c1-20-10-5-8-18(13-20)9-11-22(14-18)12-17-19-15-6-3-4-7-16(15)21(17)2/h3-4,6-7H,5,8-14H2,1-2H3/t18-/m1/s1. The van der Waals surface area contributed by atoms with Crippen LogP contribution in [0.25, 0.3) is 11.0 Å². The maximum absolute atomic E-state index is 4.84. The number of likely N-dealkylation sites (tertiary alicyclic amines) is 2. The Morgan fingerprint density at radius 1 is 1.09 bits per heavy atom. The Morgan fingerprint density at radius 2 is 1.95 bits per heavy atom. The maximum atomic E-state index is 4.84. The third-order valence-electron chi connectivity index (χ3n) is 5.61. The van der Waals surface area contributed by atoms with E-state index < -0.39 is 0 Å². The summed E-state index contributed by atoms with van der Waals surface area (Å²) in [5.74, 6) is 1.20. The van der Waals surface area contributed by atoms with E-state index in [0.717, 1.165) is 12.1 Å². The number of fused-ring (bicyclic) bond motifs is 1. The van der Waals surface area contributed by atoms with Gasteiger partial charge in [0.25, 0.3) is 0 Å². The Bertz CT molecular complexity index is 677. The smallest absolute Gasteiger partial charge is 0.123 e. The second-order valence-electron chi connectivity index (χ2n) is 7.38. The van der Waals surface area contributed by atoms with Crippen LogP contribution in [0.1, 0.15) is 25.1 Å². The fraction of sp³-hybridized carbons (Fsp3) is 0.611. The second-order valence-corrected chi connectivity index (χ2v) is 7.38. The van der Waals surface area contributed by atoms with E-state index in [1.807, 2.05) is 0 Å². The Morgan fingerprint density at radius 3 is 2.77 bits per heavy atom. The molecular weight excluding hydrogens is 272 g/mol. The largest absolute Gasteiger partial charge is 0.330 e. The molecule has 1 aromatic heterocycles. The first kappa shape index (κ1) is 14.2. The molecule has 118 valence electrons. The summed E-state index contributed by atoms with van der Waals surface area (Å²) in [6.07, 6.45) is 4.11. The van der Waals surface area contributed by atoms with Crippen molar-refractivity contribution in [1.82, 2.24) is 19.4 Å². The highest BCUT2D eigenvalue weighted by Crippen LogP contribution is 2.39. The van der Waals surface area contributed by atoms with Gasteiger partial charge in [0.1, 0.15) is 5.82 Å². The van der Waals surface area contributed by atoms with E-state index in [1.165, 1.54) is 56.8 Å².